The molecule has 138 valence electrons. The van der Waals surface area contributed by atoms with E-state index in [0.717, 1.165) is 18.2 Å². The number of sulfonamides is 1. The van der Waals surface area contributed by atoms with Gasteiger partial charge in [0, 0.05) is 13.1 Å². The van der Waals surface area contributed by atoms with Gasteiger partial charge < -0.3 is 9.47 Å². The van der Waals surface area contributed by atoms with Gasteiger partial charge in [-0.05, 0) is 36.4 Å². The molecular formula is C17H15F2NO5S. The predicted molar refractivity (Wildman–Crippen MR) is 87.3 cm³/mol. The molecule has 3 rings (SSSR count). The molecule has 1 heterocycles. The summed E-state index contributed by atoms with van der Waals surface area (Å²) in [4.78, 5) is 12.0. The third-order valence-corrected chi connectivity index (χ3v) is 5.72. The first kappa shape index (κ1) is 18.4. The molecular weight excluding hydrogens is 368 g/mol. The van der Waals surface area contributed by atoms with Gasteiger partial charge in [0.05, 0.1) is 18.1 Å². The van der Waals surface area contributed by atoms with E-state index in [4.69, 9.17) is 9.47 Å². The van der Waals surface area contributed by atoms with Crippen molar-refractivity contribution < 1.29 is 31.5 Å². The van der Waals surface area contributed by atoms with Gasteiger partial charge in [0.15, 0.2) is 0 Å². The van der Waals surface area contributed by atoms with Crippen molar-refractivity contribution in [1.82, 2.24) is 4.31 Å². The molecule has 0 N–H and O–H groups in total. The van der Waals surface area contributed by atoms with Gasteiger partial charge in [-0.3, -0.25) is 0 Å². The number of carbonyl (C=O) groups is 1. The average molecular weight is 383 g/mol. The third-order valence-electron chi connectivity index (χ3n) is 3.81. The van der Waals surface area contributed by atoms with Crippen molar-refractivity contribution in [3.8, 4) is 5.75 Å². The molecule has 0 aromatic heterocycles. The lowest BCUT2D eigenvalue weighted by molar-refractivity contribution is 0.0723. The fraction of sp³-hybridized carbons (Fsp3) is 0.235. The number of hydrogen-bond acceptors (Lipinski definition) is 5. The minimum atomic E-state index is -3.68. The van der Waals surface area contributed by atoms with Crippen LogP contribution in [0.4, 0.5) is 8.78 Å². The fourth-order valence-electron chi connectivity index (χ4n) is 2.47. The highest BCUT2D eigenvalue weighted by molar-refractivity contribution is 7.89. The largest absolute Gasteiger partial charge is 0.423 e. The van der Waals surface area contributed by atoms with E-state index in [1.54, 1.807) is 0 Å². The van der Waals surface area contributed by atoms with E-state index in [1.807, 2.05) is 0 Å². The summed E-state index contributed by atoms with van der Waals surface area (Å²) in [6, 6.07) is 8.06. The Bertz CT molecular complexity index is 889. The molecule has 1 aliphatic heterocycles. The molecule has 1 fully saturated rings. The number of morpholine rings is 1. The maximum absolute atomic E-state index is 13.6. The SMILES string of the molecule is O=C(Oc1ccc(S(=O)(=O)N2CCOCC2)cc1)c1c(F)cccc1F. The first-order valence-electron chi connectivity index (χ1n) is 7.74. The van der Waals surface area contributed by atoms with Crippen LogP contribution in [0.3, 0.4) is 0 Å². The molecule has 26 heavy (non-hydrogen) atoms. The minimum Gasteiger partial charge on any atom is -0.423 e. The lowest BCUT2D eigenvalue weighted by Gasteiger charge is -2.26. The molecule has 0 unspecified atom stereocenters. The lowest BCUT2D eigenvalue weighted by atomic mass is 10.2. The number of esters is 1. The van der Waals surface area contributed by atoms with Crippen LogP contribution >= 0.6 is 0 Å². The normalized spacial score (nSPS) is 15.6. The van der Waals surface area contributed by atoms with E-state index in [1.165, 1.54) is 28.6 Å². The third kappa shape index (κ3) is 3.74. The Balaban J connectivity index is 1.76. The second-order valence-electron chi connectivity index (χ2n) is 5.47. The monoisotopic (exact) mass is 383 g/mol. The number of hydrogen-bond donors (Lipinski definition) is 0. The van der Waals surface area contributed by atoms with Crippen LogP contribution in [0.5, 0.6) is 5.75 Å². The van der Waals surface area contributed by atoms with Crippen molar-refractivity contribution in [2.45, 2.75) is 4.90 Å². The zero-order chi connectivity index (χ0) is 18.7. The quantitative estimate of drug-likeness (QED) is 0.598. The average Bonchev–Trinajstić information content (AvgIpc) is 2.63. The predicted octanol–water partition coefficient (Wildman–Crippen LogP) is 2.20. The molecule has 2 aromatic carbocycles. The van der Waals surface area contributed by atoms with E-state index in [2.05, 4.69) is 0 Å². The van der Waals surface area contributed by atoms with Crippen LogP contribution in [-0.2, 0) is 14.8 Å². The van der Waals surface area contributed by atoms with Crippen LogP contribution in [-0.4, -0.2) is 45.0 Å². The summed E-state index contributed by atoms with van der Waals surface area (Å²) in [6.07, 6.45) is 0. The van der Waals surface area contributed by atoms with Gasteiger partial charge in [0.2, 0.25) is 10.0 Å². The number of rotatable bonds is 4. The van der Waals surface area contributed by atoms with E-state index in [0.29, 0.717) is 13.2 Å². The molecule has 0 atom stereocenters. The molecule has 1 saturated heterocycles. The summed E-state index contributed by atoms with van der Waals surface area (Å²) in [5.41, 5.74) is -0.808. The maximum atomic E-state index is 13.6. The Morgan fingerprint density at radius 1 is 1.00 bits per heavy atom. The zero-order valence-electron chi connectivity index (χ0n) is 13.5. The highest BCUT2D eigenvalue weighted by Crippen LogP contribution is 2.22. The summed E-state index contributed by atoms with van der Waals surface area (Å²) >= 11 is 0. The van der Waals surface area contributed by atoms with E-state index >= 15 is 0 Å². The number of carbonyl (C=O) groups excluding carboxylic acids is 1. The van der Waals surface area contributed by atoms with Crippen LogP contribution in [0.15, 0.2) is 47.4 Å². The zero-order valence-corrected chi connectivity index (χ0v) is 14.3. The first-order chi connectivity index (χ1) is 12.4. The molecule has 0 radical (unpaired) electrons. The molecule has 0 spiro atoms. The number of benzene rings is 2. The Kier molecular flexibility index (Phi) is 5.30. The molecule has 0 amide bonds. The van der Waals surface area contributed by atoms with Gasteiger partial charge in [-0.15, -0.1) is 0 Å². The van der Waals surface area contributed by atoms with Gasteiger partial charge >= 0.3 is 5.97 Å². The Morgan fingerprint density at radius 3 is 2.15 bits per heavy atom. The van der Waals surface area contributed by atoms with Crippen molar-refractivity contribution >= 4 is 16.0 Å². The number of nitrogens with zero attached hydrogens (tertiary/aromatic N) is 1. The lowest BCUT2D eigenvalue weighted by Crippen LogP contribution is -2.40. The molecule has 1 aliphatic rings. The van der Waals surface area contributed by atoms with Gasteiger partial charge in [-0.25, -0.2) is 22.0 Å². The highest BCUT2D eigenvalue weighted by atomic mass is 32.2. The van der Waals surface area contributed by atoms with Crippen molar-refractivity contribution in [1.29, 1.82) is 0 Å². The summed E-state index contributed by atoms with van der Waals surface area (Å²) in [5.74, 6) is -3.31. The van der Waals surface area contributed by atoms with Crippen molar-refractivity contribution in [2.75, 3.05) is 26.3 Å². The van der Waals surface area contributed by atoms with Gasteiger partial charge in [0.1, 0.15) is 22.9 Å². The number of halogens is 2. The molecule has 0 aliphatic carbocycles. The van der Waals surface area contributed by atoms with Gasteiger partial charge in [0.25, 0.3) is 0 Å². The summed E-state index contributed by atoms with van der Waals surface area (Å²) in [6.45, 7) is 1.16. The Hall–Kier alpha value is -2.36. The molecule has 0 bridgehead atoms. The topological polar surface area (TPSA) is 72.9 Å². The smallest absolute Gasteiger partial charge is 0.349 e. The Morgan fingerprint density at radius 2 is 1.58 bits per heavy atom. The summed E-state index contributed by atoms with van der Waals surface area (Å²) in [5, 5.41) is 0. The van der Waals surface area contributed by atoms with Gasteiger partial charge in [-0.1, -0.05) is 6.07 Å². The van der Waals surface area contributed by atoms with Gasteiger partial charge in [-0.2, -0.15) is 4.31 Å². The number of ether oxygens (including phenoxy) is 2. The first-order valence-corrected chi connectivity index (χ1v) is 9.18. The van der Waals surface area contributed by atoms with Crippen molar-refractivity contribution in [3.05, 3.63) is 59.7 Å². The second kappa shape index (κ2) is 7.48. The maximum Gasteiger partial charge on any atom is 0.349 e. The second-order valence-corrected chi connectivity index (χ2v) is 7.41. The van der Waals surface area contributed by atoms with Crippen LogP contribution in [0.2, 0.25) is 0 Å². The summed E-state index contributed by atoms with van der Waals surface area (Å²) < 4.78 is 63.5. The van der Waals surface area contributed by atoms with E-state index in [-0.39, 0.29) is 23.7 Å². The van der Waals surface area contributed by atoms with Crippen LogP contribution in [0, 0.1) is 11.6 Å². The van der Waals surface area contributed by atoms with E-state index in [9.17, 15) is 22.0 Å². The molecule has 6 nitrogen and oxygen atoms in total. The van der Waals surface area contributed by atoms with E-state index < -0.39 is 33.2 Å². The molecule has 0 saturated carbocycles. The highest BCUT2D eigenvalue weighted by Gasteiger charge is 2.26. The van der Waals surface area contributed by atoms with Crippen LogP contribution < -0.4 is 4.74 Å². The van der Waals surface area contributed by atoms with Crippen molar-refractivity contribution in [3.63, 3.8) is 0 Å². The van der Waals surface area contributed by atoms with Crippen LogP contribution in [0.1, 0.15) is 10.4 Å². The molecule has 2 aromatic rings. The minimum absolute atomic E-state index is 0.0243. The molecule has 9 heteroatoms. The Labute approximate surface area is 149 Å². The fourth-order valence-corrected chi connectivity index (χ4v) is 3.87. The van der Waals surface area contributed by atoms with Crippen molar-refractivity contribution in [2.24, 2.45) is 0 Å². The van der Waals surface area contributed by atoms with Crippen LogP contribution in [0.25, 0.3) is 0 Å². The summed E-state index contributed by atoms with van der Waals surface area (Å²) in [7, 11) is -3.68. The standard InChI is InChI=1S/C17H15F2NO5S/c18-14-2-1-3-15(19)16(14)17(21)25-12-4-6-13(7-5-12)26(22,23)20-8-10-24-11-9-20/h1-7H,8-11H2.